The van der Waals surface area contributed by atoms with Crippen LogP contribution in [0.25, 0.3) is 0 Å². The zero-order chi connectivity index (χ0) is 14.5. The first-order chi connectivity index (χ1) is 9.60. The average Bonchev–Trinajstić information content (AvgIpc) is 2.45. The molecule has 21 heavy (non-hydrogen) atoms. The van der Waals surface area contributed by atoms with E-state index in [0.29, 0.717) is 12.3 Å². The summed E-state index contributed by atoms with van der Waals surface area (Å²) < 4.78 is 0. The number of aryl methyl sites for hydroxylation is 1. The number of piperidine rings is 1. The zero-order valence-electron chi connectivity index (χ0n) is 13.0. The van der Waals surface area contributed by atoms with Crippen molar-refractivity contribution in [1.82, 2.24) is 4.90 Å². The van der Waals surface area contributed by atoms with Gasteiger partial charge in [0.15, 0.2) is 0 Å². The number of amides is 1. The summed E-state index contributed by atoms with van der Waals surface area (Å²) in [5, 5.41) is 0. The van der Waals surface area contributed by atoms with Crippen molar-refractivity contribution in [3.05, 3.63) is 35.4 Å². The van der Waals surface area contributed by atoms with E-state index in [0.717, 1.165) is 32.4 Å². The summed E-state index contributed by atoms with van der Waals surface area (Å²) >= 11 is 0. The van der Waals surface area contributed by atoms with Gasteiger partial charge >= 0.3 is 0 Å². The molecule has 1 amide bonds. The van der Waals surface area contributed by atoms with Gasteiger partial charge in [-0.25, -0.2) is 0 Å². The van der Waals surface area contributed by atoms with E-state index in [1.54, 1.807) is 0 Å². The Balaban J connectivity index is 0.00000220. The molecule has 1 aliphatic rings. The molecule has 1 fully saturated rings. The average molecular weight is 311 g/mol. The number of nitrogens with zero attached hydrogens (tertiary/aromatic N) is 1. The molecule has 118 valence electrons. The van der Waals surface area contributed by atoms with Gasteiger partial charge in [-0.15, -0.1) is 12.4 Å². The molecule has 3 nitrogen and oxygen atoms in total. The Morgan fingerprint density at radius 3 is 2.62 bits per heavy atom. The molecule has 1 aromatic carbocycles. The van der Waals surface area contributed by atoms with Crippen LogP contribution in [0, 0.1) is 6.92 Å². The predicted molar refractivity (Wildman–Crippen MR) is 89.9 cm³/mol. The maximum absolute atomic E-state index is 12.4. The van der Waals surface area contributed by atoms with Gasteiger partial charge in [-0.1, -0.05) is 36.8 Å². The van der Waals surface area contributed by atoms with E-state index in [1.807, 2.05) is 4.90 Å². The van der Waals surface area contributed by atoms with Crippen LogP contribution in [0.15, 0.2) is 24.3 Å². The molecule has 4 heteroatoms. The summed E-state index contributed by atoms with van der Waals surface area (Å²) in [6.07, 6.45) is 3.67. The minimum absolute atomic E-state index is 0. The Hall–Kier alpha value is -1.06. The van der Waals surface area contributed by atoms with Gasteiger partial charge in [0.25, 0.3) is 0 Å². The van der Waals surface area contributed by atoms with E-state index in [4.69, 9.17) is 5.73 Å². The molecule has 1 aliphatic heterocycles. The number of carbonyl (C=O) groups is 1. The van der Waals surface area contributed by atoms with E-state index in [1.165, 1.54) is 11.1 Å². The maximum Gasteiger partial charge on any atom is 0.223 e. The number of hydrogen-bond acceptors (Lipinski definition) is 2. The third-order valence-electron chi connectivity index (χ3n) is 4.27. The lowest BCUT2D eigenvalue weighted by atomic mass is 9.91. The molecule has 0 spiro atoms. The predicted octanol–water partition coefficient (Wildman–Crippen LogP) is 3.25. The van der Waals surface area contributed by atoms with Crippen LogP contribution in [0.3, 0.4) is 0 Å². The third-order valence-corrected chi connectivity index (χ3v) is 4.27. The fourth-order valence-corrected chi connectivity index (χ4v) is 2.91. The lowest BCUT2D eigenvalue weighted by Gasteiger charge is -2.32. The topological polar surface area (TPSA) is 46.3 Å². The SMILES string of the molecule is CCC(CC(=O)N1CCCC(N)C1)c1ccc(C)cc1.Cl. The molecule has 2 atom stereocenters. The molecule has 0 aliphatic carbocycles. The molecule has 2 N–H and O–H groups in total. The van der Waals surface area contributed by atoms with Crippen LogP contribution in [0.5, 0.6) is 0 Å². The third kappa shape index (κ3) is 5.01. The number of nitrogens with two attached hydrogens (primary N) is 1. The van der Waals surface area contributed by atoms with Gasteiger partial charge in [0.05, 0.1) is 0 Å². The van der Waals surface area contributed by atoms with Crippen molar-refractivity contribution < 1.29 is 4.79 Å². The monoisotopic (exact) mass is 310 g/mol. The Morgan fingerprint density at radius 2 is 2.05 bits per heavy atom. The highest BCUT2D eigenvalue weighted by atomic mass is 35.5. The van der Waals surface area contributed by atoms with Crippen molar-refractivity contribution in [2.75, 3.05) is 13.1 Å². The molecule has 0 radical (unpaired) electrons. The van der Waals surface area contributed by atoms with Crippen molar-refractivity contribution in [1.29, 1.82) is 0 Å². The summed E-state index contributed by atoms with van der Waals surface area (Å²) in [4.78, 5) is 14.4. The van der Waals surface area contributed by atoms with Crippen LogP contribution in [0.1, 0.15) is 49.7 Å². The van der Waals surface area contributed by atoms with Crippen molar-refractivity contribution in [3.63, 3.8) is 0 Å². The second kappa shape index (κ2) is 8.40. The van der Waals surface area contributed by atoms with Crippen LogP contribution < -0.4 is 5.73 Å². The van der Waals surface area contributed by atoms with Gasteiger partial charge in [-0.3, -0.25) is 4.79 Å². The normalized spacial score (nSPS) is 19.8. The highest BCUT2D eigenvalue weighted by Gasteiger charge is 2.23. The Bertz CT molecular complexity index is 447. The number of likely N-dealkylation sites (tertiary alicyclic amines) is 1. The van der Waals surface area contributed by atoms with Crippen molar-refractivity contribution >= 4 is 18.3 Å². The van der Waals surface area contributed by atoms with Gasteiger partial charge in [0.2, 0.25) is 5.91 Å². The molecule has 2 rings (SSSR count). The van der Waals surface area contributed by atoms with Gasteiger partial charge in [-0.2, -0.15) is 0 Å². The number of carbonyl (C=O) groups excluding carboxylic acids is 1. The largest absolute Gasteiger partial charge is 0.341 e. The summed E-state index contributed by atoms with van der Waals surface area (Å²) in [7, 11) is 0. The van der Waals surface area contributed by atoms with Crippen LogP contribution >= 0.6 is 12.4 Å². The first kappa shape index (κ1) is 18.0. The van der Waals surface area contributed by atoms with Crippen LogP contribution in [-0.2, 0) is 4.79 Å². The van der Waals surface area contributed by atoms with E-state index in [-0.39, 0.29) is 24.4 Å². The standard InChI is InChI=1S/C17H26N2O.ClH/c1-3-14(15-8-6-13(2)7-9-15)11-17(20)19-10-4-5-16(18)12-19;/h6-9,14,16H,3-5,10-12,18H2,1-2H3;1H. The van der Waals surface area contributed by atoms with Gasteiger partial charge in [-0.05, 0) is 37.7 Å². The van der Waals surface area contributed by atoms with E-state index >= 15 is 0 Å². The first-order valence-electron chi connectivity index (χ1n) is 7.70. The molecule has 2 unspecified atom stereocenters. The van der Waals surface area contributed by atoms with Crippen LogP contribution in [0.4, 0.5) is 0 Å². The Morgan fingerprint density at radius 1 is 1.38 bits per heavy atom. The second-order valence-corrected chi connectivity index (χ2v) is 5.96. The van der Waals surface area contributed by atoms with Crippen molar-refractivity contribution in [2.45, 2.75) is 51.5 Å². The molecule has 1 heterocycles. The molecule has 1 aromatic rings. The van der Waals surface area contributed by atoms with Gasteiger partial charge in [0.1, 0.15) is 0 Å². The number of halogens is 1. The summed E-state index contributed by atoms with van der Waals surface area (Å²) in [5.74, 6) is 0.578. The lowest BCUT2D eigenvalue weighted by Crippen LogP contribution is -2.46. The summed E-state index contributed by atoms with van der Waals surface area (Å²) in [5.41, 5.74) is 8.49. The van der Waals surface area contributed by atoms with Gasteiger partial charge in [0, 0.05) is 25.6 Å². The quantitative estimate of drug-likeness (QED) is 0.928. The van der Waals surface area contributed by atoms with Crippen molar-refractivity contribution in [2.24, 2.45) is 5.73 Å². The van der Waals surface area contributed by atoms with E-state index in [2.05, 4.69) is 38.1 Å². The molecule has 0 aromatic heterocycles. The second-order valence-electron chi connectivity index (χ2n) is 5.96. The van der Waals surface area contributed by atoms with E-state index < -0.39 is 0 Å². The smallest absolute Gasteiger partial charge is 0.223 e. The summed E-state index contributed by atoms with van der Waals surface area (Å²) in [6, 6.07) is 8.71. The number of hydrogen-bond donors (Lipinski definition) is 1. The van der Waals surface area contributed by atoms with Crippen LogP contribution in [0.2, 0.25) is 0 Å². The maximum atomic E-state index is 12.4. The Kier molecular flexibility index (Phi) is 7.20. The molecule has 1 saturated heterocycles. The first-order valence-corrected chi connectivity index (χ1v) is 7.70. The van der Waals surface area contributed by atoms with Gasteiger partial charge < -0.3 is 10.6 Å². The lowest BCUT2D eigenvalue weighted by molar-refractivity contribution is -0.132. The molecule has 0 bridgehead atoms. The zero-order valence-corrected chi connectivity index (χ0v) is 13.9. The number of benzene rings is 1. The minimum atomic E-state index is 0. The van der Waals surface area contributed by atoms with Crippen molar-refractivity contribution in [3.8, 4) is 0 Å². The van der Waals surface area contributed by atoms with E-state index in [9.17, 15) is 4.79 Å². The highest BCUT2D eigenvalue weighted by Crippen LogP contribution is 2.25. The minimum Gasteiger partial charge on any atom is -0.341 e. The number of rotatable bonds is 4. The summed E-state index contributed by atoms with van der Waals surface area (Å²) in [6.45, 7) is 5.84. The Labute approximate surface area is 134 Å². The highest BCUT2D eigenvalue weighted by molar-refractivity contribution is 5.85. The fraction of sp³-hybridized carbons (Fsp3) is 0.588. The molecular formula is C17H27ClN2O. The molecule has 0 saturated carbocycles. The van der Waals surface area contributed by atoms with Crippen LogP contribution in [-0.4, -0.2) is 29.9 Å². The fourth-order valence-electron chi connectivity index (χ4n) is 2.91. The molecular weight excluding hydrogens is 284 g/mol.